The minimum Gasteiger partial charge on any atom is -0.391 e. The van der Waals surface area contributed by atoms with Crippen LogP contribution in [-0.2, 0) is 4.79 Å². The van der Waals surface area contributed by atoms with Crippen LogP contribution >= 0.6 is 23.4 Å². The molecule has 14 heavy (non-hydrogen) atoms. The summed E-state index contributed by atoms with van der Waals surface area (Å²) in [6.45, 7) is 9.52. The Morgan fingerprint density at radius 2 is 1.79 bits per heavy atom. The topological polar surface area (TPSA) is 37.3 Å². The highest BCUT2D eigenvalue weighted by molar-refractivity contribution is 8.15. The summed E-state index contributed by atoms with van der Waals surface area (Å²) in [5.41, 5.74) is 0. The van der Waals surface area contributed by atoms with Gasteiger partial charge in [-0.25, -0.2) is 0 Å². The van der Waals surface area contributed by atoms with Gasteiger partial charge in [0, 0.05) is 4.75 Å². The number of carbonyl (C=O) groups excluding carboxylic acids is 1. The third kappa shape index (κ3) is 5.23. The highest BCUT2D eigenvalue weighted by atomic mass is 35.5. The number of halogens is 1. The van der Waals surface area contributed by atoms with Crippen LogP contribution in [-0.4, -0.2) is 26.4 Å². The van der Waals surface area contributed by atoms with Crippen molar-refractivity contribution in [2.24, 2.45) is 5.92 Å². The van der Waals surface area contributed by atoms with Crippen molar-refractivity contribution >= 4 is 28.5 Å². The van der Waals surface area contributed by atoms with E-state index >= 15 is 0 Å². The molecule has 0 heterocycles. The molecule has 0 saturated carbocycles. The quantitative estimate of drug-likeness (QED) is 0.769. The van der Waals surface area contributed by atoms with Gasteiger partial charge in [-0.3, -0.25) is 4.79 Å². The lowest BCUT2D eigenvalue weighted by Crippen LogP contribution is -2.33. The number of aliphatic hydroxyl groups is 1. The van der Waals surface area contributed by atoms with E-state index in [1.807, 2.05) is 34.6 Å². The lowest BCUT2D eigenvalue weighted by Gasteiger charge is -2.22. The van der Waals surface area contributed by atoms with Gasteiger partial charge in [0.1, 0.15) is 5.38 Å². The number of alkyl halides is 1. The maximum atomic E-state index is 11.6. The van der Waals surface area contributed by atoms with Crippen LogP contribution in [0, 0.1) is 5.92 Å². The first-order chi connectivity index (χ1) is 6.15. The van der Waals surface area contributed by atoms with Crippen LogP contribution < -0.4 is 0 Å². The Labute approximate surface area is 95.4 Å². The molecule has 0 fully saturated rings. The molecule has 1 N–H and O–H groups in total. The second kappa shape index (κ2) is 5.38. The van der Waals surface area contributed by atoms with Crippen molar-refractivity contribution < 1.29 is 9.90 Å². The first-order valence-corrected chi connectivity index (χ1v) is 5.95. The van der Waals surface area contributed by atoms with Crippen LogP contribution in [0.3, 0.4) is 0 Å². The molecule has 2 nitrogen and oxygen atoms in total. The third-order valence-corrected chi connectivity index (χ3v) is 3.27. The Kier molecular flexibility index (Phi) is 5.48. The molecule has 0 aliphatic carbocycles. The summed E-state index contributed by atoms with van der Waals surface area (Å²) in [4.78, 5) is 11.6. The van der Waals surface area contributed by atoms with Crippen molar-refractivity contribution in [3.8, 4) is 0 Å². The summed E-state index contributed by atoms with van der Waals surface area (Å²) < 4.78 is -0.152. The van der Waals surface area contributed by atoms with E-state index in [2.05, 4.69) is 0 Å². The average Bonchev–Trinajstić information content (AvgIpc) is 1.98. The number of thioether (sulfide) groups is 1. The molecule has 0 aromatic rings. The van der Waals surface area contributed by atoms with Gasteiger partial charge in [-0.1, -0.05) is 46.4 Å². The normalized spacial score (nSPS) is 16.9. The van der Waals surface area contributed by atoms with Crippen molar-refractivity contribution in [1.29, 1.82) is 0 Å². The fraction of sp³-hybridized carbons (Fsp3) is 0.900. The fourth-order valence-electron chi connectivity index (χ4n) is 0.835. The van der Waals surface area contributed by atoms with E-state index in [0.29, 0.717) is 0 Å². The Morgan fingerprint density at radius 3 is 2.07 bits per heavy atom. The van der Waals surface area contributed by atoms with E-state index in [9.17, 15) is 9.90 Å². The second-order valence-corrected chi connectivity index (χ2v) is 6.97. The van der Waals surface area contributed by atoms with Crippen molar-refractivity contribution in [2.45, 2.75) is 50.8 Å². The second-order valence-electron chi connectivity index (χ2n) is 4.67. The first-order valence-electron chi connectivity index (χ1n) is 4.70. The van der Waals surface area contributed by atoms with Crippen LogP contribution in [0.4, 0.5) is 0 Å². The molecule has 0 radical (unpaired) electrons. The Morgan fingerprint density at radius 1 is 1.36 bits per heavy atom. The van der Waals surface area contributed by atoms with Crippen LogP contribution in [0.2, 0.25) is 0 Å². The van der Waals surface area contributed by atoms with Crippen LogP contribution in [0.5, 0.6) is 0 Å². The third-order valence-electron chi connectivity index (χ3n) is 1.61. The zero-order valence-electron chi connectivity index (χ0n) is 9.37. The van der Waals surface area contributed by atoms with Crippen LogP contribution in [0.25, 0.3) is 0 Å². The summed E-state index contributed by atoms with van der Waals surface area (Å²) in [5.74, 6) is 0.00187. The van der Waals surface area contributed by atoms with E-state index in [4.69, 9.17) is 11.6 Å². The monoisotopic (exact) mass is 238 g/mol. The van der Waals surface area contributed by atoms with Crippen LogP contribution in [0.1, 0.15) is 34.6 Å². The van der Waals surface area contributed by atoms with Gasteiger partial charge in [0.25, 0.3) is 0 Å². The molecule has 0 aliphatic rings. The molecule has 0 unspecified atom stereocenters. The lowest BCUT2D eigenvalue weighted by molar-refractivity contribution is -0.112. The molecular weight excluding hydrogens is 220 g/mol. The maximum Gasteiger partial charge on any atom is 0.209 e. The zero-order chi connectivity index (χ0) is 11.5. The minimum atomic E-state index is -0.806. The molecule has 0 aliphatic heterocycles. The number of carbonyl (C=O) groups is 1. The molecule has 0 bridgehead atoms. The van der Waals surface area contributed by atoms with Crippen molar-refractivity contribution in [3.05, 3.63) is 0 Å². The van der Waals surface area contributed by atoms with Crippen molar-refractivity contribution in [3.63, 3.8) is 0 Å². The summed E-state index contributed by atoms with van der Waals surface area (Å²) in [6, 6.07) is 0. The highest BCUT2D eigenvalue weighted by Gasteiger charge is 2.30. The molecule has 0 spiro atoms. The van der Waals surface area contributed by atoms with Gasteiger partial charge in [-0.05, 0) is 5.92 Å². The highest BCUT2D eigenvalue weighted by Crippen LogP contribution is 2.28. The van der Waals surface area contributed by atoms with Crippen LogP contribution in [0.15, 0.2) is 0 Å². The van der Waals surface area contributed by atoms with Crippen molar-refractivity contribution in [1.82, 2.24) is 0 Å². The lowest BCUT2D eigenvalue weighted by atomic mass is 10.1. The fourth-order valence-corrected chi connectivity index (χ4v) is 2.12. The molecule has 0 aromatic carbocycles. The van der Waals surface area contributed by atoms with E-state index in [-0.39, 0.29) is 15.8 Å². The smallest absolute Gasteiger partial charge is 0.209 e. The maximum absolute atomic E-state index is 11.6. The molecule has 0 saturated heterocycles. The summed E-state index contributed by atoms with van der Waals surface area (Å²) >= 11 is 7.04. The first kappa shape index (κ1) is 14.3. The predicted molar refractivity (Wildman–Crippen MR) is 62.8 cm³/mol. The molecule has 4 heteroatoms. The summed E-state index contributed by atoms with van der Waals surface area (Å²) in [7, 11) is 0. The molecule has 2 atom stereocenters. The standard InChI is InChI=1S/C10H19ClO2S/c1-6(2)8(12)7(11)9(13)14-10(3,4)5/h6-8,12H,1-5H3/t7-,8-/m0/s1. The van der Waals surface area contributed by atoms with Gasteiger partial charge in [0.15, 0.2) is 0 Å². The van der Waals surface area contributed by atoms with Crippen molar-refractivity contribution in [2.75, 3.05) is 0 Å². The Bertz CT molecular complexity index is 199. The van der Waals surface area contributed by atoms with E-state index in [0.717, 1.165) is 0 Å². The number of hydrogen-bond donors (Lipinski definition) is 1. The van der Waals surface area contributed by atoms with E-state index < -0.39 is 11.5 Å². The van der Waals surface area contributed by atoms with E-state index in [1.54, 1.807) is 0 Å². The van der Waals surface area contributed by atoms with E-state index in [1.165, 1.54) is 11.8 Å². The molecular formula is C10H19ClO2S. The van der Waals surface area contributed by atoms with Gasteiger partial charge in [0.2, 0.25) is 5.12 Å². The largest absolute Gasteiger partial charge is 0.391 e. The molecule has 0 rings (SSSR count). The zero-order valence-corrected chi connectivity index (χ0v) is 10.9. The summed E-state index contributed by atoms with van der Waals surface area (Å²) in [5, 5.41) is 8.64. The van der Waals surface area contributed by atoms with Gasteiger partial charge in [-0.15, -0.1) is 11.6 Å². The van der Waals surface area contributed by atoms with Gasteiger partial charge in [-0.2, -0.15) is 0 Å². The number of hydrogen-bond acceptors (Lipinski definition) is 3. The Balaban J connectivity index is 4.26. The number of rotatable bonds is 3. The summed E-state index contributed by atoms with van der Waals surface area (Å²) in [6.07, 6.45) is -0.765. The molecule has 0 amide bonds. The van der Waals surface area contributed by atoms with Gasteiger partial charge in [0.05, 0.1) is 6.10 Å². The Hall–Kier alpha value is 0.270. The van der Waals surface area contributed by atoms with Gasteiger partial charge >= 0.3 is 0 Å². The average molecular weight is 239 g/mol. The predicted octanol–water partition coefficient (Wildman–Crippen LogP) is 2.67. The minimum absolute atomic E-state index is 0.00187. The number of aliphatic hydroxyl groups excluding tert-OH is 1. The molecule has 0 aromatic heterocycles. The molecule has 84 valence electrons. The van der Waals surface area contributed by atoms with Gasteiger partial charge < -0.3 is 5.11 Å². The SMILES string of the molecule is CC(C)[C@H](O)[C@H](Cl)C(=O)SC(C)(C)C.